The molecule has 0 spiro atoms. The SMILES string of the molecule is CC1(C)CN(S(=O)(=O)c2scnc2C(=O)O)CC(C)(C)O1. The molecule has 0 aliphatic carbocycles. The molecule has 7 nitrogen and oxygen atoms in total. The Bertz CT molecular complexity index is 647. The molecule has 1 N–H and O–H groups in total. The fourth-order valence-corrected chi connectivity index (χ4v) is 5.58. The molecule has 1 saturated heterocycles. The Hall–Kier alpha value is -1.03. The number of aromatic nitrogens is 1. The van der Waals surface area contributed by atoms with Crippen molar-refractivity contribution in [1.82, 2.24) is 9.29 Å². The van der Waals surface area contributed by atoms with Crippen LogP contribution in [0.15, 0.2) is 9.72 Å². The Labute approximate surface area is 127 Å². The fraction of sp³-hybridized carbons (Fsp3) is 0.667. The van der Waals surface area contributed by atoms with Crippen LogP contribution in [0, 0.1) is 0 Å². The van der Waals surface area contributed by atoms with E-state index in [9.17, 15) is 13.2 Å². The van der Waals surface area contributed by atoms with Gasteiger partial charge < -0.3 is 9.84 Å². The van der Waals surface area contributed by atoms with E-state index in [0.717, 1.165) is 11.3 Å². The Morgan fingerprint density at radius 1 is 1.33 bits per heavy atom. The number of aromatic carboxylic acids is 1. The molecule has 0 bridgehead atoms. The van der Waals surface area contributed by atoms with Gasteiger partial charge in [0.05, 0.1) is 16.7 Å². The second-order valence-corrected chi connectivity index (χ2v) is 9.18. The van der Waals surface area contributed by atoms with Crippen molar-refractivity contribution in [3.05, 3.63) is 11.2 Å². The molecule has 21 heavy (non-hydrogen) atoms. The van der Waals surface area contributed by atoms with Gasteiger partial charge in [-0.05, 0) is 27.7 Å². The van der Waals surface area contributed by atoms with Gasteiger partial charge in [-0.2, -0.15) is 4.31 Å². The van der Waals surface area contributed by atoms with E-state index in [2.05, 4.69) is 4.98 Å². The summed E-state index contributed by atoms with van der Waals surface area (Å²) >= 11 is 0.816. The lowest BCUT2D eigenvalue weighted by molar-refractivity contribution is -0.163. The van der Waals surface area contributed by atoms with Crippen molar-refractivity contribution in [3.8, 4) is 0 Å². The lowest BCUT2D eigenvalue weighted by Gasteiger charge is -2.46. The van der Waals surface area contributed by atoms with Crippen LogP contribution in [0.5, 0.6) is 0 Å². The van der Waals surface area contributed by atoms with E-state index < -0.39 is 32.9 Å². The second kappa shape index (κ2) is 5.01. The van der Waals surface area contributed by atoms with Crippen LogP contribution in [0.3, 0.4) is 0 Å². The van der Waals surface area contributed by atoms with Crippen LogP contribution < -0.4 is 0 Å². The predicted octanol–water partition coefficient (Wildman–Crippen LogP) is 1.42. The van der Waals surface area contributed by atoms with E-state index in [4.69, 9.17) is 9.84 Å². The maximum Gasteiger partial charge on any atom is 0.356 e. The normalized spacial score (nSPS) is 22.1. The first-order chi connectivity index (χ1) is 9.45. The summed E-state index contributed by atoms with van der Waals surface area (Å²) in [5, 5.41) is 9.06. The number of morpholine rings is 1. The number of carboxylic acids is 1. The van der Waals surface area contributed by atoms with Gasteiger partial charge in [-0.1, -0.05) is 0 Å². The van der Waals surface area contributed by atoms with Gasteiger partial charge in [-0.15, -0.1) is 11.3 Å². The van der Waals surface area contributed by atoms with Gasteiger partial charge in [0.15, 0.2) is 9.90 Å². The highest BCUT2D eigenvalue weighted by atomic mass is 32.2. The molecule has 0 saturated carbocycles. The largest absolute Gasteiger partial charge is 0.476 e. The zero-order valence-electron chi connectivity index (χ0n) is 12.3. The summed E-state index contributed by atoms with van der Waals surface area (Å²) in [5.41, 5.74) is -0.499. The molecule has 2 rings (SSSR count). The molecule has 0 atom stereocenters. The van der Waals surface area contributed by atoms with Gasteiger partial charge in [0.1, 0.15) is 0 Å². The molecule has 1 fully saturated rings. The van der Waals surface area contributed by atoms with Gasteiger partial charge in [0.25, 0.3) is 10.0 Å². The number of carbonyl (C=O) groups is 1. The van der Waals surface area contributed by atoms with Gasteiger partial charge in [0, 0.05) is 13.1 Å². The van der Waals surface area contributed by atoms with Crippen LogP contribution in [0.4, 0.5) is 0 Å². The molecule has 0 unspecified atom stereocenters. The van der Waals surface area contributed by atoms with E-state index >= 15 is 0 Å². The molecule has 2 heterocycles. The lowest BCUT2D eigenvalue weighted by Crippen LogP contribution is -2.58. The van der Waals surface area contributed by atoms with Gasteiger partial charge >= 0.3 is 5.97 Å². The van der Waals surface area contributed by atoms with E-state index in [1.54, 1.807) is 27.7 Å². The number of thiazole rings is 1. The molecule has 1 aromatic heterocycles. The summed E-state index contributed by atoms with van der Waals surface area (Å²) in [5.74, 6) is -1.35. The third kappa shape index (κ3) is 3.25. The van der Waals surface area contributed by atoms with Crippen molar-refractivity contribution in [1.29, 1.82) is 0 Å². The highest BCUT2D eigenvalue weighted by Gasteiger charge is 2.44. The molecular formula is C12H18N2O5S2. The molecule has 9 heteroatoms. The molecular weight excluding hydrogens is 316 g/mol. The van der Waals surface area contributed by atoms with E-state index in [1.165, 1.54) is 9.82 Å². The zero-order chi connectivity index (χ0) is 16.1. The number of sulfonamides is 1. The Balaban J connectivity index is 2.44. The highest BCUT2D eigenvalue weighted by molar-refractivity contribution is 7.91. The van der Waals surface area contributed by atoms with E-state index in [-0.39, 0.29) is 17.3 Å². The second-order valence-electron chi connectivity index (χ2n) is 6.19. The molecule has 1 aliphatic heterocycles. The maximum atomic E-state index is 12.7. The van der Waals surface area contributed by atoms with Gasteiger partial charge in [0.2, 0.25) is 0 Å². The van der Waals surface area contributed by atoms with Crippen molar-refractivity contribution in [2.75, 3.05) is 13.1 Å². The summed E-state index contributed by atoms with van der Waals surface area (Å²) in [4.78, 5) is 14.7. The van der Waals surface area contributed by atoms with E-state index in [0.29, 0.717) is 0 Å². The summed E-state index contributed by atoms with van der Waals surface area (Å²) in [6.45, 7) is 7.55. The number of hydrogen-bond donors (Lipinski definition) is 1. The molecule has 1 aliphatic rings. The van der Waals surface area contributed by atoms with Crippen molar-refractivity contribution in [3.63, 3.8) is 0 Å². The summed E-state index contributed by atoms with van der Waals surface area (Å²) < 4.78 is 32.3. The third-order valence-corrected chi connectivity index (χ3v) is 6.12. The quantitative estimate of drug-likeness (QED) is 0.898. The minimum Gasteiger partial charge on any atom is -0.476 e. The van der Waals surface area contributed by atoms with Crippen LogP contribution in [-0.4, -0.2) is 53.1 Å². The van der Waals surface area contributed by atoms with Crippen molar-refractivity contribution in [2.45, 2.75) is 43.1 Å². The minimum atomic E-state index is -3.91. The maximum absolute atomic E-state index is 12.7. The number of hydrogen-bond acceptors (Lipinski definition) is 6. The number of carboxylic acid groups (broad SMARTS) is 1. The minimum absolute atomic E-state index is 0.162. The van der Waals surface area contributed by atoms with Crippen LogP contribution in [0.25, 0.3) is 0 Å². The molecule has 0 aromatic carbocycles. The van der Waals surface area contributed by atoms with Crippen LogP contribution >= 0.6 is 11.3 Å². The highest BCUT2D eigenvalue weighted by Crippen LogP contribution is 2.33. The third-order valence-electron chi connectivity index (χ3n) is 2.98. The lowest BCUT2D eigenvalue weighted by atomic mass is 10.0. The number of ether oxygens (including phenoxy) is 1. The van der Waals surface area contributed by atoms with Crippen molar-refractivity contribution in [2.24, 2.45) is 0 Å². The first kappa shape index (κ1) is 16.3. The van der Waals surface area contributed by atoms with Crippen molar-refractivity contribution < 1.29 is 23.1 Å². The van der Waals surface area contributed by atoms with Crippen LogP contribution in [-0.2, 0) is 14.8 Å². The zero-order valence-corrected chi connectivity index (χ0v) is 13.9. The predicted molar refractivity (Wildman–Crippen MR) is 77.1 cm³/mol. The molecule has 0 radical (unpaired) electrons. The molecule has 0 amide bonds. The molecule has 118 valence electrons. The van der Waals surface area contributed by atoms with Gasteiger partial charge in [-0.25, -0.2) is 18.2 Å². The number of rotatable bonds is 3. The topological polar surface area (TPSA) is 96.8 Å². The average molecular weight is 334 g/mol. The molecule has 1 aromatic rings. The smallest absolute Gasteiger partial charge is 0.356 e. The summed E-state index contributed by atoms with van der Waals surface area (Å²) in [6, 6.07) is 0. The Morgan fingerprint density at radius 2 is 1.86 bits per heavy atom. The monoisotopic (exact) mass is 334 g/mol. The van der Waals surface area contributed by atoms with Crippen molar-refractivity contribution >= 4 is 27.3 Å². The van der Waals surface area contributed by atoms with Crippen LogP contribution in [0.2, 0.25) is 0 Å². The van der Waals surface area contributed by atoms with Gasteiger partial charge in [-0.3, -0.25) is 0 Å². The summed E-state index contributed by atoms with van der Waals surface area (Å²) in [7, 11) is -3.91. The standard InChI is InChI=1S/C12H18N2O5S2/c1-11(2)5-14(6-12(3,4)19-11)21(17,18)10-8(9(15)16)13-7-20-10/h7H,5-6H2,1-4H3,(H,15,16). The Kier molecular flexibility index (Phi) is 3.90. The fourth-order valence-electron chi connectivity index (χ4n) is 2.57. The van der Waals surface area contributed by atoms with Crippen LogP contribution in [0.1, 0.15) is 38.2 Å². The first-order valence-corrected chi connectivity index (χ1v) is 8.64. The Morgan fingerprint density at radius 3 is 2.33 bits per heavy atom. The summed E-state index contributed by atoms with van der Waals surface area (Å²) in [6.07, 6.45) is 0. The average Bonchev–Trinajstić information content (AvgIpc) is 2.73. The van der Waals surface area contributed by atoms with E-state index in [1.807, 2.05) is 0 Å². The first-order valence-electron chi connectivity index (χ1n) is 6.32. The number of nitrogens with zero attached hydrogens (tertiary/aromatic N) is 2.